The van der Waals surface area contributed by atoms with Gasteiger partial charge in [-0.25, -0.2) is 0 Å². The molecular weight excluding hydrogens is 1030 g/mol. The lowest BCUT2D eigenvalue weighted by atomic mass is 9.33. The Kier molecular flexibility index (Phi) is 11.1. The van der Waals surface area contributed by atoms with Gasteiger partial charge >= 0.3 is 0 Å². The lowest BCUT2D eigenvalue weighted by molar-refractivity contribution is 0.174. The summed E-state index contributed by atoms with van der Waals surface area (Å²) >= 11 is 0. The zero-order chi connectivity index (χ0) is 56.6. The molecule has 0 saturated carbocycles. The molecule has 1 aliphatic carbocycles. The lowest BCUT2D eigenvalue weighted by Gasteiger charge is -2.45. The average Bonchev–Trinajstić information content (AvgIpc) is 0.800. The van der Waals surface area contributed by atoms with Crippen molar-refractivity contribution in [3.63, 3.8) is 0 Å². The van der Waals surface area contributed by atoms with Gasteiger partial charge in [0.05, 0.1) is 11.4 Å². The summed E-state index contributed by atoms with van der Waals surface area (Å²) in [7, 11) is 0. The fraction of sp³-hybridized carbons (Fsp3) is 0.117. The van der Waals surface area contributed by atoms with Crippen molar-refractivity contribution in [2.75, 3.05) is 21.5 Å². The molecule has 0 N–H and O–H groups in total. The van der Waals surface area contributed by atoms with Crippen molar-refractivity contribution in [2.45, 2.75) is 52.4 Å². The first-order chi connectivity index (χ1) is 40.9. The molecule has 0 fully saturated rings. The highest BCUT2D eigenvalue weighted by Crippen LogP contribution is 2.55. The molecule has 0 saturated heterocycles. The van der Waals surface area contributed by atoms with E-state index >= 15 is 0 Å². The van der Waals surface area contributed by atoms with Crippen LogP contribution in [0.1, 0.15) is 56.9 Å². The maximum Gasteiger partial charge on any atom is 0.252 e. The number of ether oxygens (including phenoxy) is 2. The standard InChI is InChI=1S/C77H60BN3O3/c1-48-38-68-73-69(39-48)81(66-36-31-54(76(2,3)4)45-61(66)49-20-10-7-11-21-49)74-65(35-37-71-75(74)83-47-82-71)78(73)64-34-32-57(79(55-23-12-8-13-24-55)56-25-14-9-15-26-56)46-67(64)80(68)58-41-52(40-53(42-58)72-44-51-22-16-19-29-70(51)84-72)50-30-33-60-59-27-17-18-28-62(59)77(5,6)63(60)43-50/h7-46H,47H2,1-6H3. The zero-order valence-electron chi connectivity index (χ0n) is 47.9. The third kappa shape index (κ3) is 7.79. The van der Waals surface area contributed by atoms with Crippen molar-refractivity contribution in [3.05, 3.63) is 265 Å². The minimum atomic E-state index is -0.203. The molecule has 0 radical (unpaired) electrons. The summed E-state index contributed by atoms with van der Waals surface area (Å²) in [6.07, 6.45) is 0. The monoisotopic (exact) mass is 1090 g/mol. The van der Waals surface area contributed by atoms with Crippen LogP contribution in [0.25, 0.3) is 55.7 Å². The Bertz CT molecular complexity index is 4570. The van der Waals surface area contributed by atoms with E-state index in [2.05, 4.69) is 293 Å². The highest BCUT2D eigenvalue weighted by molar-refractivity contribution is 7.00. The second-order valence-electron chi connectivity index (χ2n) is 24.5. The van der Waals surface area contributed by atoms with Crippen molar-refractivity contribution in [3.8, 4) is 56.2 Å². The fourth-order valence-corrected chi connectivity index (χ4v) is 13.9. The smallest absolute Gasteiger partial charge is 0.252 e. The van der Waals surface area contributed by atoms with Crippen LogP contribution in [0.2, 0.25) is 0 Å². The molecule has 6 nitrogen and oxygen atoms in total. The van der Waals surface area contributed by atoms with E-state index in [1.54, 1.807) is 0 Å². The van der Waals surface area contributed by atoms with Crippen LogP contribution >= 0.6 is 0 Å². The van der Waals surface area contributed by atoms with E-state index in [1.165, 1.54) is 38.7 Å². The minimum Gasteiger partial charge on any atom is -0.456 e. The van der Waals surface area contributed by atoms with E-state index < -0.39 is 0 Å². The number of furan rings is 1. The van der Waals surface area contributed by atoms with Gasteiger partial charge in [-0.1, -0.05) is 174 Å². The molecule has 84 heavy (non-hydrogen) atoms. The van der Waals surface area contributed by atoms with Gasteiger partial charge in [0.2, 0.25) is 6.79 Å². The van der Waals surface area contributed by atoms with Gasteiger partial charge in [0.25, 0.3) is 6.71 Å². The van der Waals surface area contributed by atoms with Crippen LogP contribution in [0.3, 0.4) is 0 Å². The van der Waals surface area contributed by atoms with Gasteiger partial charge in [-0.2, -0.15) is 0 Å². The molecule has 3 aliphatic heterocycles. The van der Waals surface area contributed by atoms with Crippen LogP contribution in [-0.4, -0.2) is 13.5 Å². The van der Waals surface area contributed by atoms with Gasteiger partial charge in [0, 0.05) is 61.7 Å². The summed E-state index contributed by atoms with van der Waals surface area (Å²) in [4.78, 5) is 7.41. The minimum absolute atomic E-state index is 0.0932. The SMILES string of the molecule is Cc1cc2c3c(c1)N(c1ccc(C(C)(C)C)cc1-c1ccccc1)c1c(ccc4c1OCO4)B3c1ccc(N(c3ccccc3)c3ccccc3)cc1N2c1cc(-c2ccc3c(c2)C(C)(C)c2ccccc2-3)cc(-c2cc3ccccc3o2)c1. The number of hydrogen-bond acceptors (Lipinski definition) is 6. The molecule has 4 heterocycles. The van der Waals surface area contributed by atoms with E-state index in [0.29, 0.717) is 0 Å². The number of rotatable bonds is 8. The first-order valence-electron chi connectivity index (χ1n) is 29.2. The van der Waals surface area contributed by atoms with Gasteiger partial charge in [0.15, 0.2) is 11.5 Å². The van der Waals surface area contributed by atoms with E-state index in [0.717, 1.165) is 118 Å². The molecule has 1 aromatic heterocycles. The molecule has 7 heteroatoms. The molecule has 4 aliphatic rings. The molecule has 12 aromatic rings. The van der Waals surface area contributed by atoms with Crippen LogP contribution in [0.15, 0.2) is 247 Å². The Labute approximate surface area is 491 Å². The van der Waals surface area contributed by atoms with Gasteiger partial charge in [-0.15, -0.1) is 0 Å². The van der Waals surface area contributed by atoms with E-state index in [-0.39, 0.29) is 24.3 Å². The molecule has 0 unspecified atom stereocenters. The number of hydrogen-bond donors (Lipinski definition) is 0. The highest BCUT2D eigenvalue weighted by Gasteiger charge is 2.47. The topological polar surface area (TPSA) is 41.3 Å². The van der Waals surface area contributed by atoms with Gasteiger partial charge in [0.1, 0.15) is 11.3 Å². The molecule has 0 spiro atoms. The molecule has 0 atom stereocenters. The number of benzene rings is 11. The molecule has 0 amide bonds. The fourth-order valence-electron chi connectivity index (χ4n) is 13.9. The Morgan fingerprint density at radius 2 is 1.15 bits per heavy atom. The summed E-state index contributed by atoms with van der Waals surface area (Å²) in [6, 6.07) is 89.2. The molecule has 404 valence electrons. The summed E-state index contributed by atoms with van der Waals surface area (Å²) < 4.78 is 19.9. The van der Waals surface area contributed by atoms with E-state index in [1.807, 2.05) is 6.07 Å². The van der Waals surface area contributed by atoms with E-state index in [9.17, 15) is 0 Å². The zero-order valence-corrected chi connectivity index (χ0v) is 47.9. The summed E-state index contributed by atoms with van der Waals surface area (Å²) in [5.41, 5.74) is 26.8. The predicted molar refractivity (Wildman–Crippen MR) is 348 cm³/mol. The first kappa shape index (κ1) is 49.8. The summed E-state index contributed by atoms with van der Waals surface area (Å²) in [5, 5.41) is 1.06. The van der Waals surface area contributed by atoms with Crippen LogP contribution in [-0.2, 0) is 10.8 Å². The molecule has 11 aromatic carbocycles. The summed E-state index contributed by atoms with van der Waals surface area (Å²) in [6.45, 7) is 13.8. The third-order valence-corrected chi connectivity index (χ3v) is 18.0. The van der Waals surface area contributed by atoms with Crippen LogP contribution in [0.5, 0.6) is 11.5 Å². The Balaban J connectivity index is 0.995. The van der Waals surface area contributed by atoms with Crippen LogP contribution in [0, 0.1) is 6.92 Å². The Morgan fingerprint density at radius 3 is 1.92 bits per heavy atom. The van der Waals surface area contributed by atoms with E-state index in [4.69, 9.17) is 13.9 Å². The second-order valence-corrected chi connectivity index (χ2v) is 24.5. The highest BCUT2D eigenvalue weighted by atomic mass is 16.7. The molecular formula is C77H60BN3O3. The number of nitrogens with zero attached hydrogens (tertiary/aromatic N) is 3. The Morgan fingerprint density at radius 1 is 0.476 bits per heavy atom. The first-order valence-corrected chi connectivity index (χ1v) is 29.2. The maximum absolute atomic E-state index is 6.87. The van der Waals surface area contributed by atoms with Crippen molar-refractivity contribution in [2.24, 2.45) is 0 Å². The molecule has 0 bridgehead atoms. The van der Waals surface area contributed by atoms with Gasteiger partial charge < -0.3 is 28.6 Å². The molecule has 16 rings (SSSR count). The van der Waals surface area contributed by atoms with Crippen LogP contribution in [0.4, 0.5) is 51.2 Å². The maximum atomic E-state index is 6.87. The average molecular weight is 1090 g/mol. The van der Waals surface area contributed by atoms with Gasteiger partial charge in [-0.3, -0.25) is 0 Å². The third-order valence-electron chi connectivity index (χ3n) is 18.0. The lowest BCUT2D eigenvalue weighted by Crippen LogP contribution is -2.61. The number of aryl methyl sites for hydroxylation is 1. The normalized spacial score (nSPS) is 14.0. The van der Waals surface area contributed by atoms with Gasteiger partial charge in [-0.05, 0) is 182 Å². The second kappa shape index (κ2) is 18.8. The van der Waals surface area contributed by atoms with Crippen molar-refractivity contribution in [1.82, 2.24) is 0 Å². The summed E-state index contributed by atoms with van der Waals surface area (Å²) in [5.74, 6) is 2.31. The van der Waals surface area contributed by atoms with Crippen LogP contribution < -0.4 is 40.6 Å². The van der Waals surface area contributed by atoms with Crippen molar-refractivity contribution < 1.29 is 13.9 Å². The largest absolute Gasteiger partial charge is 0.456 e. The van der Waals surface area contributed by atoms with Crippen molar-refractivity contribution >= 4 is 85.3 Å². The predicted octanol–water partition coefficient (Wildman–Crippen LogP) is 18.6. The quantitative estimate of drug-likeness (QED) is 0.141. The number of anilines is 9. The number of para-hydroxylation sites is 3. The number of fused-ring (bicyclic) bond motifs is 10. The van der Waals surface area contributed by atoms with Crippen molar-refractivity contribution in [1.29, 1.82) is 0 Å². The Hall–Kier alpha value is -9.98.